The van der Waals surface area contributed by atoms with Crippen LogP contribution in [0, 0.1) is 11.6 Å². The SMILES string of the molecule is CC(C)N1C(=O)N(c2ccc(N3CCN(c4ccc(OC[C@H]5OC[C@](Cn6cncn6)(c6ccc(F)cc6F)O5)cc4)CC3)cc2)CC1O.FF. The van der Waals surface area contributed by atoms with Crippen LogP contribution in [-0.4, -0.2) is 95.3 Å². The summed E-state index contributed by atoms with van der Waals surface area (Å²) in [5, 5.41) is 14.5. The number of carbonyl (C=O) groups is 1. The Kier molecular flexibility index (Phi) is 10.9. The number of rotatable bonds is 10. The van der Waals surface area contributed by atoms with Crippen LogP contribution in [0.5, 0.6) is 5.75 Å². The first-order chi connectivity index (χ1) is 24.7. The number of nitrogens with zero attached hydrogens (tertiary/aromatic N) is 7. The number of carbonyl (C=O) groups excluding carboxylic acids is 1. The average Bonchev–Trinajstić information content (AvgIpc) is 3.88. The highest BCUT2D eigenvalue weighted by Gasteiger charge is 2.46. The van der Waals surface area contributed by atoms with Gasteiger partial charge in [0.1, 0.15) is 48.5 Å². The van der Waals surface area contributed by atoms with Gasteiger partial charge in [-0.25, -0.2) is 23.2 Å². The van der Waals surface area contributed by atoms with Crippen molar-refractivity contribution in [2.75, 3.05) is 60.6 Å². The van der Waals surface area contributed by atoms with E-state index in [0.29, 0.717) is 5.75 Å². The lowest BCUT2D eigenvalue weighted by molar-refractivity contribution is -0.117. The molecule has 0 saturated carbocycles. The van der Waals surface area contributed by atoms with Gasteiger partial charge in [0, 0.05) is 70.1 Å². The molecule has 272 valence electrons. The van der Waals surface area contributed by atoms with E-state index in [1.807, 2.05) is 62.4 Å². The molecule has 3 atom stereocenters. The summed E-state index contributed by atoms with van der Waals surface area (Å²) in [5.74, 6) is -0.767. The fourth-order valence-electron chi connectivity index (χ4n) is 6.73. The lowest BCUT2D eigenvalue weighted by Crippen LogP contribution is -2.46. The number of halogens is 4. The minimum atomic E-state index is -1.24. The van der Waals surface area contributed by atoms with Gasteiger partial charge in [0.2, 0.25) is 0 Å². The number of benzene rings is 3. The summed E-state index contributed by atoms with van der Waals surface area (Å²) in [5.41, 5.74) is 1.88. The Labute approximate surface area is 292 Å². The molecule has 16 heteroatoms. The molecular weight excluding hydrogens is 674 g/mol. The molecule has 3 saturated heterocycles. The number of aromatic nitrogens is 3. The standard InChI is InChI=1S/C35H39F2N7O5.F2/c1-24(2)44-32(45)18-43(34(44)46)28-6-4-26(5-7-28)40-13-15-41(16-14-40)27-8-10-29(11-9-27)47-19-33-48-21-35(49-33,20-42-23-38-22-39-42)30-12-3-25(36)17-31(30)37;1-2/h3-12,17,22-24,32-33,45H,13-16,18-21H2,1-2H3;/t32?,33-,35+;/m0./s1. The third kappa shape index (κ3) is 7.72. The molecule has 1 aromatic heterocycles. The van der Waals surface area contributed by atoms with E-state index in [-0.39, 0.29) is 43.9 Å². The number of β-amino-alcohol motifs (C(OH)–C–C–N with tert-alkyl or cyclic N) is 1. The van der Waals surface area contributed by atoms with Crippen LogP contribution >= 0.6 is 0 Å². The van der Waals surface area contributed by atoms with Crippen molar-refractivity contribution in [2.45, 2.75) is 44.6 Å². The van der Waals surface area contributed by atoms with Crippen molar-refractivity contribution in [3.63, 3.8) is 0 Å². The van der Waals surface area contributed by atoms with Crippen LogP contribution < -0.4 is 19.4 Å². The van der Waals surface area contributed by atoms with Crippen LogP contribution in [-0.2, 0) is 21.6 Å². The van der Waals surface area contributed by atoms with Crippen molar-refractivity contribution < 1.29 is 42.0 Å². The van der Waals surface area contributed by atoms with Gasteiger partial charge in [0.05, 0.1) is 19.7 Å². The smallest absolute Gasteiger partial charge is 0.326 e. The molecule has 0 radical (unpaired) electrons. The molecule has 3 fully saturated rings. The second kappa shape index (κ2) is 15.5. The Morgan fingerprint density at radius 3 is 2.14 bits per heavy atom. The van der Waals surface area contributed by atoms with E-state index in [9.17, 15) is 18.7 Å². The van der Waals surface area contributed by atoms with Crippen LogP contribution in [0.3, 0.4) is 0 Å². The Balaban J connectivity index is 0.00000220. The van der Waals surface area contributed by atoms with E-state index in [1.54, 1.807) is 4.90 Å². The molecular formula is C35H39F4N7O5. The van der Waals surface area contributed by atoms with Gasteiger partial charge >= 0.3 is 6.03 Å². The fraction of sp³-hybridized carbons (Fsp3) is 0.400. The molecule has 4 aromatic rings. The summed E-state index contributed by atoms with van der Waals surface area (Å²) < 4.78 is 64.2. The number of aliphatic hydroxyl groups is 1. The molecule has 12 nitrogen and oxygen atoms in total. The molecule has 7 rings (SSSR count). The maximum atomic E-state index is 14.9. The molecule has 1 unspecified atom stereocenters. The van der Waals surface area contributed by atoms with Crippen molar-refractivity contribution in [3.05, 3.63) is 96.6 Å². The van der Waals surface area contributed by atoms with Gasteiger partial charge in [-0.3, -0.25) is 9.80 Å². The lowest BCUT2D eigenvalue weighted by Gasteiger charge is -2.37. The van der Waals surface area contributed by atoms with E-state index < -0.39 is 29.8 Å². The third-order valence-corrected chi connectivity index (χ3v) is 9.23. The summed E-state index contributed by atoms with van der Waals surface area (Å²) in [7, 11) is 0. The van der Waals surface area contributed by atoms with E-state index in [0.717, 1.165) is 49.3 Å². The number of piperazine rings is 1. The number of aliphatic hydroxyl groups excluding tert-OH is 1. The maximum Gasteiger partial charge on any atom is 0.326 e. The minimum Gasteiger partial charge on any atom is -0.488 e. The highest BCUT2D eigenvalue weighted by molar-refractivity contribution is 5.94. The van der Waals surface area contributed by atoms with Crippen molar-refractivity contribution in [1.29, 1.82) is 0 Å². The zero-order valence-electron chi connectivity index (χ0n) is 28.1. The van der Waals surface area contributed by atoms with E-state index in [1.165, 1.54) is 34.4 Å². The highest BCUT2D eigenvalue weighted by Crippen LogP contribution is 2.37. The van der Waals surface area contributed by atoms with Crippen LogP contribution in [0.15, 0.2) is 79.4 Å². The van der Waals surface area contributed by atoms with E-state index >= 15 is 0 Å². The second-order valence-corrected chi connectivity index (χ2v) is 12.7. The number of amides is 2. The Hall–Kier alpha value is -4.93. The zero-order chi connectivity index (χ0) is 36.1. The number of urea groups is 1. The molecule has 51 heavy (non-hydrogen) atoms. The number of ether oxygens (including phenoxy) is 3. The van der Waals surface area contributed by atoms with E-state index in [2.05, 4.69) is 19.9 Å². The molecule has 0 aliphatic carbocycles. The lowest BCUT2D eigenvalue weighted by atomic mass is 9.94. The van der Waals surface area contributed by atoms with Crippen LogP contribution in [0.25, 0.3) is 0 Å². The predicted molar refractivity (Wildman–Crippen MR) is 180 cm³/mol. The van der Waals surface area contributed by atoms with Gasteiger partial charge in [-0.05, 0) is 68.4 Å². The Morgan fingerprint density at radius 1 is 0.941 bits per heavy atom. The Morgan fingerprint density at radius 2 is 1.57 bits per heavy atom. The zero-order valence-corrected chi connectivity index (χ0v) is 28.1. The largest absolute Gasteiger partial charge is 0.488 e. The first kappa shape index (κ1) is 35.9. The molecule has 0 bridgehead atoms. The van der Waals surface area contributed by atoms with Crippen molar-refractivity contribution >= 4 is 23.1 Å². The second-order valence-electron chi connectivity index (χ2n) is 12.7. The van der Waals surface area contributed by atoms with Crippen molar-refractivity contribution in [2.24, 2.45) is 0 Å². The van der Waals surface area contributed by atoms with Crippen LogP contribution in [0.4, 0.5) is 39.8 Å². The van der Waals surface area contributed by atoms with Gasteiger partial charge in [0.15, 0.2) is 6.29 Å². The molecule has 4 heterocycles. The van der Waals surface area contributed by atoms with Gasteiger partial charge in [-0.1, -0.05) is 6.07 Å². The monoisotopic (exact) mass is 713 g/mol. The fourth-order valence-corrected chi connectivity index (χ4v) is 6.73. The summed E-state index contributed by atoms with van der Waals surface area (Å²) in [6.45, 7) is 7.61. The molecule has 1 N–H and O–H groups in total. The number of anilines is 3. The maximum absolute atomic E-state index is 14.9. The molecule has 3 aliphatic heterocycles. The van der Waals surface area contributed by atoms with Crippen LogP contribution in [0.1, 0.15) is 19.4 Å². The van der Waals surface area contributed by atoms with Crippen molar-refractivity contribution in [1.82, 2.24) is 19.7 Å². The van der Waals surface area contributed by atoms with Crippen molar-refractivity contribution in [3.8, 4) is 5.75 Å². The minimum absolute atomic E-state index is 0.0256. The Bertz CT molecular complexity index is 1740. The number of hydrogen-bond acceptors (Lipinski definition) is 9. The molecule has 3 aromatic carbocycles. The predicted octanol–water partition coefficient (Wildman–Crippen LogP) is 5.04. The molecule has 3 aliphatic rings. The topological polar surface area (TPSA) is 109 Å². The highest BCUT2D eigenvalue weighted by atomic mass is 20.0. The summed E-state index contributed by atoms with van der Waals surface area (Å²) in [4.78, 5) is 24.5. The third-order valence-electron chi connectivity index (χ3n) is 9.23. The summed E-state index contributed by atoms with van der Waals surface area (Å²) >= 11 is 0. The van der Waals surface area contributed by atoms with Crippen LogP contribution in [0.2, 0.25) is 0 Å². The van der Waals surface area contributed by atoms with E-state index in [4.69, 9.17) is 23.4 Å². The quantitative estimate of drug-likeness (QED) is 0.226. The summed E-state index contributed by atoms with van der Waals surface area (Å²) in [6.07, 6.45) is 1.28. The molecule has 0 spiro atoms. The summed E-state index contributed by atoms with van der Waals surface area (Å²) in [6, 6.07) is 18.9. The first-order valence-corrected chi connectivity index (χ1v) is 16.5. The van der Waals surface area contributed by atoms with Gasteiger partial charge in [0.25, 0.3) is 0 Å². The molecule has 2 amide bonds. The normalized spacial score (nSPS) is 22.1. The number of hydrogen-bond donors (Lipinski definition) is 1. The van der Waals surface area contributed by atoms with Gasteiger partial charge in [-0.2, -0.15) is 5.10 Å². The van der Waals surface area contributed by atoms with Gasteiger partial charge < -0.3 is 29.1 Å². The first-order valence-electron chi connectivity index (χ1n) is 16.5. The van der Waals surface area contributed by atoms with Gasteiger partial charge in [-0.15, -0.1) is 0 Å². The average molecular weight is 714 g/mol.